The second-order valence-electron chi connectivity index (χ2n) is 3.49. The van der Waals surface area contributed by atoms with Crippen LogP contribution in [0, 0.1) is 0 Å². The first kappa shape index (κ1) is 14.8. The highest BCUT2D eigenvalue weighted by atomic mass is 79.9. The number of ether oxygens (including phenoxy) is 1. The second kappa shape index (κ2) is 6.08. The van der Waals surface area contributed by atoms with Crippen molar-refractivity contribution < 1.29 is 22.7 Å². The minimum atomic E-state index is -4.75. The number of para-hydroxylation sites is 1. The molecule has 1 atom stereocenters. The van der Waals surface area contributed by atoms with Crippen molar-refractivity contribution in [1.29, 1.82) is 0 Å². The highest BCUT2D eigenvalue weighted by Gasteiger charge is 2.31. The van der Waals surface area contributed by atoms with Gasteiger partial charge in [0.1, 0.15) is 5.75 Å². The van der Waals surface area contributed by atoms with Crippen molar-refractivity contribution in [2.24, 2.45) is 0 Å². The first-order chi connectivity index (χ1) is 8.29. The van der Waals surface area contributed by atoms with Crippen molar-refractivity contribution in [1.82, 2.24) is 5.32 Å². The molecular formula is C11H11BrF3NO2. The molecule has 1 unspecified atom stereocenters. The van der Waals surface area contributed by atoms with Crippen LogP contribution in [0.1, 0.15) is 12.5 Å². The molecule has 0 radical (unpaired) electrons. The average molecular weight is 326 g/mol. The van der Waals surface area contributed by atoms with Crippen molar-refractivity contribution >= 4 is 21.8 Å². The molecule has 0 aliphatic heterocycles. The van der Waals surface area contributed by atoms with Crippen molar-refractivity contribution in [3.05, 3.63) is 29.8 Å². The number of benzene rings is 1. The monoisotopic (exact) mass is 325 g/mol. The fraction of sp³-hybridized carbons (Fsp3) is 0.364. The van der Waals surface area contributed by atoms with Crippen LogP contribution in [-0.2, 0) is 11.3 Å². The van der Waals surface area contributed by atoms with E-state index in [0.29, 0.717) is 0 Å². The molecule has 1 aromatic rings. The Bertz CT molecular complexity index is 421. The maximum Gasteiger partial charge on any atom is 0.573 e. The van der Waals surface area contributed by atoms with Crippen molar-refractivity contribution in [3.8, 4) is 5.75 Å². The van der Waals surface area contributed by atoms with Crippen LogP contribution in [0.3, 0.4) is 0 Å². The summed E-state index contributed by atoms with van der Waals surface area (Å²) in [5.41, 5.74) is 0.260. The molecule has 0 aliphatic carbocycles. The van der Waals surface area contributed by atoms with Gasteiger partial charge in [-0.3, -0.25) is 4.79 Å². The molecule has 7 heteroatoms. The Hall–Kier alpha value is -1.24. The highest BCUT2D eigenvalue weighted by molar-refractivity contribution is 9.10. The number of amides is 1. The summed E-state index contributed by atoms with van der Waals surface area (Å²) in [6.07, 6.45) is -4.75. The summed E-state index contributed by atoms with van der Waals surface area (Å²) < 4.78 is 40.3. The summed E-state index contributed by atoms with van der Waals surface area (Å²) >= 11 is 3.06. The number of rotatable bonds is 4. The molecule has 100 valence electrons. The number of alkyl halides is 4. The second-order valence-corrected chi connectivity index (χ2v) is 4.86. The lowest BCUT2D eigenvalue weighted by Crippen LogP contribution is -2.29. The normalized spacial score (nSPS) is 12.9. The molecule has 0 saturated carbocycles. The van der Waals surface area contributed by atoms with Crippen LogP contribution in [0.15, 0.2) is 24.3 Å². The number of halogens is 4. The topological polar surface area (TPSA) is 38.3 Å². The van der Waals surface area contributed by atoms with Gasteiger partial charge in [-0.2, -0.15) is 0 Å². The lowest BCUT2D eigenvalue weighted by molar-refractivity contribution is -0.274. The fourth-order valence-electron chi connectivity index (χ4n) is 1.20. The maximum absolute atomic E-state index is 12.1. The van der Waals surface area contributed by atoms with E-state index in [9.17, 15) is 18.0 Å². The molecule has 0 aromatic heterocycles. The van der Waals surface area contributed by atoms with E-state index in [0.717, 1.165) is 0 Å². The quantitative estimate of drug-likeness (QED) is 0.864. The third-order valence-electron chi connectivity index (χ3n) is 2.01. The minimum Gasteiger partial charge on any atom is -0.405 e. The van der Waals surface area contributed by atoms with E-state index in [1.807, 2.05) is 0 Å². The molecule has 0 bridgehead atoms. The molecule has 0 saturated heterocycles. The molecule has 1 N–H and O–H groups in total. The van der Waals surface area contributed by atoms with Crippen LogP contribution in [0.5, 0.6) is 5.75 Å². The van der Waals surface area contributed by atoms with Gasteiger partial charge in [-0.1, -0.05) is 34.1 Å². The van der Waals surface area contributed by atoms with Crippen LogP contribution in [0.2, 0.25) is 0 Å². The summed E-state index contributed by atoms with van der Waals surface area (Å²) in [7, 11) is 0. The van der Waals surface area contributed by atoms with Gasteiger partial charge < -0.3 is 10.1 Å². The standard InChI is InChI=1S/C11H11BrF3NO2/c1-7(12)10(17)16-6-8-4-2-3-5-9(8)18-11(13,14)15/h2-5,7H,6H2,1H3,(H,16,17). The van der Waals surface area contributed by atoms with Gasteiger partial charge in [-0.05, 0) is 13.0 Å². The summed E-state index contributed by atoms with van der Waals surface area (Å²) in [5.74, 6) is -0.621. The Morgan fingerprint density at radius 3 is 2.61 bits per heavy atom. The molecule has 0 heterocycles. The van der Waals surface area contributed by atoms with Gasteiger partial charge in [-0.25, -0.2) is 0 Å². The van der Waals surface area contributed by atoms with E-state index in [1.54, 1.807) is 13.0 Å². The number of nitrogens with one attached hydrogen (secondary N) is 1. The van der Waals surface area contributed by atoms with Gasteiger partial charge in [0.2, 0.25) is 5.91 Å². The predicted molar refractivity (Wildman–Crippen MR) is 63.4 cm³/mol. The zero-order chi connectivity index (χ0) is 13.8. The lowest BCUT2D eigenvalue weighted by atomic mass is 10.2. The van der Waals surface area contributed by atoms with Gasteiger partial charge in [0.25, 0.3) is 0 Å². The molecule has 1 amide bonds. The summed E-state index contributed by atoms with van der Waals surface area (Å²) in [4.78, 5) is 10.9. The first-order valence-electron chi connectivity index (χ1n) is 5.05. The van der Waals surface area contributed by atoms with E-state index in [4.69, 9.17) is 0 Å². The van der Waals surface area contributed by atoms with Crippen LogP contribution in [0.4, 0.5) is 13.2 Å². The molecule has 0 spiro atoms. The van der Waals surface area contributed by atoms with Crippen molar-refractivity contribution in [2.75, 3.05) is 0 Å². The van der Waals surface area contributed by atoms with Gasteiger partial charge in [0.15, 0.2) is 0 Å². The van der Waals surface area contributed by atoms with E-state index in [-0.39, 0.29) is 23.8 Å². The number of carbonyl (C=O) groups excluding carboxylic acids is 1. The Balaban J connectivity index is 2.74. The lowest BCUT2D eigenvalue weighted by Gasteiger charge is -2.14. The van der Waals surface area contributed by atoms with Crippen LogP contribution in [-0.4, -0.2) is 17.1 Å². The van der Waals surface area contributed by atoms with E-state index >= 15 is 0 Å². The smallest absolute Gasteiger partial charge is 0.405 e. The highest BCUT2D eigenvalue weighted by Crippen LogP contribution is 2.26. The van der Waals surface area contributed by atoms with E-state index in [1.165, 1.54) is 18.2 Å². The Morgan fingerprint density at radius 2 is 2.06 bits per heavy atom. The molecule has 1 rings (SSSR count). The Morgan fingerprint density at radius 1 is 1.44 bits per heavy atom. The predicted octanol–water partition coefficient (Wildman–Crippen LogP) is 2.98. The summed E-state index contributed by atoms with van der Waals surface area (Å²) in [6, 6.07) is 5.66. The van der Waals surface area contributed by atoms with Gasteiger partial charge >= 0.3 is 6.36 Å². The number of hydrogen-bond acceptors (Lipinski definition) is 2. The van der Waals surface area contributed by atoms with Gasteiger partial charge in [0.05, 0.1) is 4.83 Å². The Kier molecular flexibility index (Phi) is 5.01. The van der Waals surface area contributed by atoms with Crippen molar-refractivity contribution in [3.63, 3.8) is 0 Å². The molecule has 0 fully saturated rings. The van der Waals surface area contributed by atoms with Crippen LogP contribution < -0.4 is 10.1 Å². The maximum atomic E-state index is 12.1. The van der Waals surface area contributed by atoms with Crippen LogP contribution in [0.25, 0.3) is 0 Å². The summed E-state index contributed by atoms with van der Waals surface area (Å²) in [6.45, 7) is 1.59. The fourth-order valence-corrected chi connectivity index (χ4v) is 1.36. The van der Waals surface area contributed by atoms with Gasteiger partial charge in [0, 0.05) is 12.1 Å². The van der Waals surface area contributed by atoms with E-state index in [2.05, 4.69) is 26.0 Å². The molecule has 3 nitrogen and oxygen atoms in total. The Labute approximate surface area is 110 Å². The van der Waals surface area contributed by atoms with Crippen LogP contribution >= 0.6 is 15.9 Å². The first-order valence-corrected chi connectivity index (χ1v) is 5.96. The SMILES string of the molecule is CC(Br)C(=O)NCc1ccccc1OC(F)(F)F. The number of carbonyl (C=O) groups is 1. The molecule has 0 aliphatic rings. The zero-order valence-electron chi connectivity index (χ0n) is 9.42. The molecular weight excluding hydrogens is 315 g/mol. The average Bonchev–Trinajstić information content (AvgIpc) is 2.25. The van der Waals surface area contributed by atoms with Crippen molar-refractivity contribution in [2.45, 2.75) is 24.7 Å². The summed E-state index contributed by atoms with van der Waals surface area (Å²) in [5, 5.41) is 2.49. The third-order valence-corrected chi connectivity index (χ3v) is 2.43. The van der Waals surface area contributed by atoms with E-state index < -0.39 is 11.2 Å². The minimum absolute atomic E-state index is 0.0268. The number of hydrogen-bond donors (Lipinski definition) is 1. The largest absolute Gasteiger partial charge is 0.573 e. The molecule has 1 aromatic carbocycles. The third kappa shape index (κ3) is 4.95. The van der Waals surface area contributed by atoms with Gasteiger partial charge in [-0.15, -0.1) is 13.2 Å². The zero-order valence-corrected chi connectivity index (χ0v) is 11.0. The molecule has 18 heavy (non-hydrogen) atoms.